The topological polar surface area (TPSA) is 234 Å². The molecule has 0 fully saturated rings. The molecule has 13 nitrogen and oxygen atoms in total. The van der Waals surface area contributed by atoms with Crippen LogP contribution in [0.5, 0.6) is 0 Å². The van der Waals surface area contributed by atoms with Gasteiger partial charge in [0.05, 0.1) is 12.2 Å². The molecule has 14 heteroatoms. The maximum absolute atomic E-state index is 12.7. The molecule has 6 atom stereocenters. The molecule has 0 aliphatic heterocycles. The van der Waals surface area contributed by atoms with E-state index < -0.39 is 66.0 Å². The van der Waals surface area contributed by atoms with Crippen LogP contribution in [-0.4, -0.2) is 93.3 Å². The summed E-state index contributed by atoms with van der Waals surface area (Å²) in [6.07, 6.45) is -1.27. The maximum Gasteiger partial charge on any atom is 0.326 e. The first-order chi connectivity index (χ1) is 14.8. The lowest BCUT2D eigenvalue weighted by Gasteiger charge is -2.26. The zero-order chi connectivity index (χ0) is 25.0. The van der Waals surface area contributed by atoms with Gasteiger partial charge in [-0.1, -0.05) is 0 Å². The normalized spacial score (nSPS) is 16.6. The second-order valence-corrected chi connectivity index (χ2v) is 8.23. The number of aliphatic hydroxyl groups is 2. The summed E-state index contributed by atoms with van der Waals surface area (Å²) >= 11 is 1.38. The Morgan fingerprint density at radius 2 is 1.44 bits per heavy atom. The van der Waals surface area contributed by atoms with Crippen LogP contribution in [0.2, 0.25) is 0 Å². The quantitative estimate of drug-likeness (QED) is 0.116. The van der Waals surface area contributed by atoms with Crippen LogP contribution in [-0.2, 0) is 24.0 Å². The van der Waals surface area contributed by atoms with Crippen molar-refractivity contribution in [2.45, 2.75) is 69.5 Å². The largest absolute Gasteiger partial charge is 0.480 e. The van der Waals surface area contributed by atoms with E-state index in [9.17, 15) is 39.3 Å². The molecule has 0 saturated carbocycles. The molecule has 0 aliphatic carbocycles. The smallest absolute Gasteiger partial charge is 0.326 e. The lowest BCUT2D eigenvalue weighted by molar-refractivity contribution is -0.143. The molecule has 32 heavy (non-hydrogen) atoms. The van der Waals surface area contributed by atoms with Gasteiger partial charge in [0.15, 0.2) is 0 Å². The van der Waals surface area contributed by atoms with Gasteiger partial charge in [-0.2, -0.15) is 11.8 Å². The highest BCUT2D eigenvalue weighted by Gasteiger charge is 2.33. The average molecular weight is 480 g/mol. The van der Waals surface area contributed by atoms with E-state index >= 15 is 0 Å². The number of nitrogens with one attached hydrogen (secondary N) is 3. The molecular formula is C18H33N5O8S. The fourth-order valence-electron chi connectivity index (χ4n) is 2.46. The van der Waals surface area contributed by atoms with Crippen molar-refractivity contribution in [2.24, 2.45) is 11.5 Å². The number of nitrogens with two attached hydrogens (primary N) is 2. The van der Waals surface area contributed by atoms with Crippen molar-refractivity contribution < 1.29 is 39.3 Å². The fourth-order valence-corrected chi connectivity index (χ4v) is 2.93. The Morgan fingerprint density at radius 1 is 0.875 bits per heavy atom. The van der Waals surface area contributed by atoms with E-state index in [1.54, 1.807) is 6.26 Å². The minimum atomic E-state index is -1.54. The zero-order valence-electron chi connectivity index (χ0n) is 18.2. The van der Waals surface area contributed by atoms with Gasteiger partial charge in [-0.3, -0.25) is 19.2 Å². The van der Waals surface area contributed by atoms with Crippen LogP contribution in [0.4, 0.5) is 0 Å². The molecule has 6 unspecified atom stereocenters. The Hall–Kier alpha value is -2.42. The van der Waals surface area contributed by atoms with Crippen molar-refractivity contribution in [3.8, 4) is 0 Å². The number of hydrogen-bond donors (Lipinski definition) is 8. The SMILES string of the molecule is CSCCC(NC(=O)C(NC(=O)C(CCC(N)=O)NC(=O)C(N)C(C)O)C(C)O)C(=O)O. The summed E-state index contributed by atoms with van der Waals surface area (Å²) in [4.78, 5) is 59.8. The van der Waals surface area contributed by atoms with Crippen molar-refractivity contribution >= 4 is 41.4 Å². The minimum Gasteiger partial charge on any atom is -0.480 e. The van der Waals surface area contributed by atoms with Gasteiger partial charge < -0.3 is 42.7 Å². The van der Waals surface area contributed by atoms with Crippen molar-refractivity contribution in [1.29, 1.82) is 0 Å². The van der Waals surface area contributed by atoms with Crippen LogP contribution in [0, 0.1) is 0 Å². The van der Waals surface area contributed by atoms with Gasteiger partial charge in [0, 0.05) is 6.42 Å². The third-order valence-electron chi connectivity index (χ3n) is 4.42. The first-order valence-electron chi connectivity index (χ1n) is 9.84. The van der Waals surface area contributed by atoms with Crippen LogP contribution < -0.4 is 27.4 Å². The van der Waals surface area contributed by atoms with Crippen LogP contribution in [0.1, 0.15) is 33.1 Å². The number of rotatable bonds is 15. The molecule has 0 heterocycles. The van der Waals surface area contributed by atoms with Gasteiger partial charge in [0.2, 0.25) is 23.6 Å². The number of primary amides is 1. The zero-order valence-corrected chi connectivity index (χ0v) is 19.1. The number of carbonyl (C=O) groups is 5. The molecule has 0 radical (unpaired) electrons. The third-order valence-corrected chi connectivity index (χ3v) is 5.07. The van der Waals surface area contributed by atoms with Gasteiger partial charge in [-0.15, -0.1) is 0 Å². The van der Waals surface area contributed by atoms with E-state index in [1.807, 2.05) is 0 Å². The number of hydrogen-bond acceptors (Lipinski definition) is 9. The molecule has 0 spiro atoms. The van der Waals surface area contributed by atoms with Crippen LogP contribution in [0.25, 0.3) is 0 Å². The second-order valence-electron chi connectivity index (χ2n) is 7.24. The summed E-state index contributed by atoms with van der Waals surface area (Å²) in [5, 5.41) is 35.4. The summed E-state index contributed by atoms with van der Waals surface area (Å²) in [7, 11) is 0. The molecule has 0 saturated heterocycles. The Labute approximate surface area is 190 Å². The Morgan fingerprint density at radius 3 is 1.88 bits per heavy atom. The van der Waals surface area contributed by atoms with Gasteiger partial charge in [-0.05, 0) is 38.7 Å². The van der Waals surface area contributed by atoms with Crippen molar-refractivity contribution in [3.63, 3.8) is 0 Å². The fraction of sp³-hybridized carbons (Fsp3) is 0.722. The number of carboxylic acid groups (broad SMARTS) is 1. The Bertz CT molecular complexity index is 676. The molecule has 0 aromatic carbocycles. The molecule has 4 amide bonds. The van der Waals surface area contributed by atoms with Crippen LogP contribution in [0.3, 0.4) is 0 Å². The number of aliphatic carboxylic acids is 1. The Kier molecular flexibility index (Phi) is 13.5. The van der Waals surface area contributed by atoms with Gasteiger partial charge in [0.25, 0.3) is 0 Å². The van der Waals surface area contributed by atoms with E-state index in [1.165, 1.54) is 25.6 Å². The summed E-state index contributed by atoms with van der Waals surface area (Å²) in [6.45, 7) is 2.48. The molecule has 0 rings (SSSR count). The maximum atomic E-state index is 12.7. The monoisotopic (exact) mass is 479 g/mol. The van der Waals surface area contributed by atoms with E-state index in [2.05, 4.69) is 16.0 Å². The molecule has 0 aliphatic rings. The van der Waals surface area contributed by atoms with Gasteiger partial charge >= 0.3 is 5.97 Å². The number of amides is 4. The summed E-state index contributed by atoms with van der Waals surface area (Å²) in [5.41, 5.74) is 10.6. The average Bonchev–Trinajstić information content (AvgIpc) is 2.70. The van der Waals surface area contributed by atoms with Crippen molar-refractivity contribution in [1.82, 2.24) is 16.0 Å². The number of aliphatic hydroxyl groups excluding tert-OH is 2. The van der Waals surface area contributed by atoms with Crippen LogP contribution in [0.15, 0.2) is 0 Å². The number of thioether (sulfide) groups is 1. The predicted molar refractivity (Wildman–Crippen MR) is 116 cm³/mol. The Balaban J connectivity index is 5.44. The predicted octanol–water partition coefficient (Wildman–Crippen LogP) is -3.37. The van der Waals surface area contributed by atoms with E-state index in [0.29, 0.717) is 5.75 Å². The molecule has 10 N–H and O–H groups in total. The first kappa shape index (κ1) is 29.6. The molecular weight excluding hydrogens is 446 g/mol. The minimum absolute atomic E-state index is 0.122. The highest BCUT2D eigenvalue weighted by molar-refractivity contribution is 7.98. The second kappa shape index (κ2) is 14.6. The summed E-state index contributed by atoms with van der Waals surface area (Å²) in [6, 6.07) is -5.50. The summed E-state index contributed by atoms with van der Waals surface area (Å²) < 4.78 is 0. The number of carboxylic acids is 1. The summed E-state index contributed by atoms with van der Waals surface area (Å²) in [5.74, 6) is -4.34. The highest BCUT2D eigenvalue weighted by Crippen LogP contribution is 2.05. The molecule has 0 aromatic heterocycles. The lowest BCUT2D eigenvalue weighted by Crippen LogP contribution is -2.60. The molecule has 0 bridgehead atoms. The van der Waals surface area contributed by atoms with E-state index in [4.69, 9.17) is 11.5 Å². The number of carbonyl (C=O) groups excluding carboxylic acids is 4. The van der Waals surface area contributed by atoms with E-state index in [-0.39, 0.29) is 19.3 Å². The van der Waals surface area contributed by atoms with Gasteiger partial charge in [0.1, 0.15) is 24.2 Å². The molecule has 184 valence electrons. The van der Waals surface area contributed by atoms with Gasteiger partial charge in [-0.25, -0.2) is 4.79 Å². The van der Waals surface area contributed by atoms with Crippen LogP contribution >= 0.6 is 11.8 Å². The standard InChI is InChI=1S/C18H33N5O8S/c1-8(24)13(20)16(28)21-10(4-5-12(19)26)15(27)23-14(9(2)25)17(29)22-11(18(30)31)6-7-32-3/h8-11,13-14,24-25H,4-7,20H2,1-3H3,(H2,19,26)(H,21,28)(H,22,29)(H,23,27)(H,30,31). The highest BCUT2D eigenvalue weighted by atomic mass is 32.2. The van der Waals surface area contributed by atoms with Crippen molar-refractivity contribution in [2.75, 3.05) is 12.0 Å². The molecule has 0 aromatic rings. The lowest BCUT2D eigenvalue weighted by atomic mass is 10.1. The van der Waals surface area contributed by atoms with E-state index in [0.717, 1.165) is 0 Å². The van der Waals surface area contributed by atoms with Crippen molar-refractivity contribution in [3.05, 3.63) is 0 Å². The first-order valence-corrected chi connectivity index (χ1v) is 11.2. The third kappa shape index (κ3) is 10.7.